The van der Waals surface area contributed by atoms with Crippen molar-refractivity contribution in [3.05, 3.63) is 29.8 Å². The Morgan fingerprint density at radius 1 is 1.18 bits per heavy atom. The highest BCUT2D eigenvalue weighted by Gasteiger charge is 2.11. The van der Waals surface area contributed by atoms with E-state index in [1.54, 1.807) is 31.3 Å². The predicted molar refractivity (Wildman–Crippen MR) is 128 cm³/mol. The normalized spacial score (nSPS) is 13.1. The van der Waals surface area contributed by atoms with Crippen LogP contribution in [0.5, 0.6) is 0 Å². The summed E-state index contributed by atoms with van der Waals surface area (Å²) >= 11 is 0. The maximum atomic E-state index is 11.8. The molecule has 0 saturated heterocycles. The number of halogens is 1. The maximum absolute atomic E-state index is 11.8. The number of hydrogen-bond donors (Lipinski definition) is 3. The van der Waals surface area contributed by atoms with Crippen molar-refractivity contribution in [2.75, 3.05) is 33.7 Å². The lowest BCUT2D eigenvalue weighted by molar-refractivity contribution is 0.292. The van der Waals surface area contributed by atoms with Gasteiger partial charge in [0.1, 0.15) is 0 Å². The summed E-state index contributed by atoms with van der Waals surface area (Å²) < 4.78 is 25.8. The van der Waals surface area contributed by atoms with Crippen LogP contribution < -0.4 is 15.4 Å². The van der Waals surface area contributed by atoms with Crippen LogP contribution in [0.15, 0.2) is 34.2 Å². The van der Waals surface area contributed by atoms with E-state index < -0.39 is 10.0 Å². The topological polar surface area (TPSA) is 85.8 Å². The van der Waals surface area contributed by atoms with Crippen LogP contribution in [0, 0.1) is 0 Å². The van der Waals surface area contributed by atoms with Gasteiger partial charge in [0.25, 0.3) is 0 Å². The Morgan fingerprint density at radius 2 is 1.79 bits per heavy atom. The highest BCUT2D eigenvalue weighted by Crippen LogP contribution is 2.10. The van der Waals surface area contributed by atoms with Crippen LogP contribution in [0.25, 0.3) is 0 Å². The average molecular weight is 526 g/mol. The van der Waals surface area contributed by atoms with Crippen LogP contribution in [-0.2, 0) is 16.6 Å². The second-order valence-corrected chi connectivity index (χ2v) is 8.38. The first kappa shape index (κ1) is 27.1. The van der Waals surface area contributed by atoms with Gasteiger partial charge in [-0.2, -0.15) is 0 Å². The molecule has 28 heavy (non-hydrogen) atoms. The SMILES string of the molecule is CCN(CC)CCCC(C)NC(=NC)NCc1ccc(S(=O)(=O)NC)cc1.I. The Hall–Kier alpha value is -0.910. The van der Waals surface area contributed by atoms with Gasteiger partial charge in [0.05, 0.1) is 4.90 Å². The van der Waals surface area contributed by atoms with Crippen LogP contribution in [0.1, 0.15) is 39.2 Å². The first-order chi connectivity index (χ1) is 12.9. The van der Waals surface area contributed by atoms with Crippen molar-refractivity contribution < 1.29 is 8.42 Å². The van der Waals surface area contributed by atoms with Gasteiger partial charge in [-0.3, -0.25) is 4.99 Å². The van der Waals surface area contributed by atoms with E-state index in [1.165, 1.54) is 7.05 Å². The van der Waals surface area contributed by atoms with Gasteiger partial charge in [-0.1, -0.05) is 26.0 Å². The number of nitrogens with zero attached hydrogens (tertiary/aromatic N) is 2. The number of nitrogens with one attached hydrogen (secondary N) is 3. The van der Waals surface area contributed by atoms with E-state index in [0.29, 0.717) is 12.6 Å². The lowest BCUT2D eigenvalue weighted by Gasteiger charge is -2.21. The molecule has 0 heterocycles. The van der Waals surface area contributed by atoms with Gasteiger partial charge in [-0.25, -0.2) is 13.1 Å². The van der Waals surface area contributed by atoms with Crippen LogP contribution in [0.2, 0.25) is 0 Å². The summed E-state index contributed by atoms with van der Waals surface area (Å²) in [5.74, 6) is 0.747. The van der Waals surface area contributed by atoms with Crippen molar-refractivity contribution in [2.24, 2.45) is 4.99 Å². The van der Waals surface area contributed by atoms with Crippen LogP contribution in [0.4, 0.5) is 0 Å². The predicted octanol–water partition coefficient (Wildman–Crippen LogP) is 2.39. The fraction of sp³-hybridized carbons (Fsp3) is 0.632. The average Bonchev–Trinajstić information content (AvgIpc) is 2.68. The van der Waals surface area contributed by atoms with Gasteiger partial charge >= 0.3 is 0 Å². The molecule has 1 aromatic rings. The van der Waals surface area contributed by atoms with Crippen molar-refractivity contribution in [2.45, 2.75) is 51.1 Å². The molecule has 0 fully saturated rings. The molecular weight excluding hydrogens is 489 g/mol. The third kappa shape index (κ3) is 9.53. The smallest absolute Gasteiger partial charge is 0.240 e. The zero-order chi connectivity index (χ0) is 20.3. The molecule has 1 atom stereocenters. The number of sulfonamides is 1. The molecule has 0 radical (unpaired) electrons. The highest BCUT2D eigenvalue weighted by atomic mass is 127. The minimum Gasteiger partial charge on any atom is -0.354 e. The van der Waals surface area contributed by atoms with Crippen molar-refractivity contribution in [3.8, 4) is 0 Å². The summed E-state index contributed by atoms with van der Waals surface area (Å²) in [5.41, 5.74) is 0.988. The van der Waals surface area contributed by atoms with E-state index in [0.717, 1.165) is 44.0 Å². The first-order valence-corrected chi connectivity index (χ1v) is 11.1. The maximum Gasteiger partial charge on any atom is 0.240 e. The highest BCUT2D eigenvalue weighted by molar-refractivity contribution is 14.0. The molecule has 1 unspecified atom stereocenters. The Kier molecular flexibility index (Phi) is 13.7. The molecule has 0 spiro atoms. The number of benzene rings is 1. The first-order valence-electron chi connectivity index (χ1n) is 9.58. The van der Waals surface area contributed by atoms with Gasteiger partial charge < -0.3 is 15.5 Å². The standard InChI is InChI=1S/C19H35N5O2S.HI/c1-6-24(7-2)14-8-9-16(3)23-19(20-4)22-15-17-10-12-18(13-11-17)27(25,26)21-5;/h10-13,16,21H,6-9,14-15H2,1-5H3,(H2,20,22,23);1H. The van der Waals surface area contributed by atoms with Gasteiger partial charge in [-0.05, 0) is 64.1 Å². The van der Waals surface area contributed by atoms with Crippen molar-refractivity contribution in [1.82, 2.24) is 20.3 Å². The summed E-state index contributed by atoms with van der Waals surface area (Å²) in [6.07, 6.45) is 2.22. The molecular formula is C19H36IN5O2S. The summed E-state index contributed by atoms with van der Waals surface area (Å²) in [4.78, 5) is 6.96. The molecule has 7 nitrogen and oxygen atoms in total. The quantitative estimate of drug-likeness (QED) is 0.235. The number of aliphatic imine (C=N–C) groups is 1. The molecule has 162 valence electrons. The third-order valence-corrected chi connectivity index (χ3v) is 6.01. The molecule has 1 aromatic carbocycles. The number of hydrogen-bond acceptors (Lipinski definition) is 4. The Balaban J connectivity index is 0.00000729. The van der Waals surface area contributed by atoms with E-state index in [-0.39, 0.29) is 28.9 Å². The molecule has 1 rings (SSSR count). The molecule has 0 bridgehead atoms. The van der Waals surface area contributed by atoms with Crippen LogP contribution >= 0.6 is 24.0 Å². The van der Waals surface area contributed by atoms with Gasteiger partial charge in [0.2, 0.25) is 10.0 Å². The fourth-order valence-electron chi connectivity index (χ4n) is 2.75. The molecule has 3 N–H and O–H groups in total. The third-order valence-electron chi connectivity index (χ3n) is 4.57. The molecule has 9 heteroatoms. The lowest BCUT2D eigenvalue weighted by atomic mass is 10.2. The number of rotatable bonds is 11. The summed E-state index contributed by atoms with van der Waals surface area (Å²) in [5, 5.41) is 6.68. The van der Waals surface area contributed by atoms with Crippen molar-refractivity contribution >= 4 is 40.0 Å². The van der Waals surface area contributed by atoms with Crippen molar-refractivity contribution in [3.63, 3.8) is 0 Å². The van der Waals surface area contributed by atoms with E-state index in [1.807, 2.05) is 0 Å². The largest absolute Gasteiger partial charge is 0.354 e. The molecule has 0 aliphatic rings. The zero-order valence-electron chi connectivity index (χ0n) is 17.7. The lowest BCUT2D eigenvalue weighted by Crippen LogP contribution is -2.42. The van der Waals surface area contributed by atoms with Crippen LogP contribution in [-0.4, -0.2) is 59.0 Å². The second kappa shape index (κ2) is 14.1. The van der Waals surface area contributed by atoms with E-state index in [2.05, 4.69) is 46.0 Å². The minimum atomic E-state index is -3.40. The van der Waals surface area contributed by atoms with Gasteiger partial charge in [-0.15, -0.1) is 24.0 Å². The number of guanidine groups is 1. The van der Waals surface area contributed by atoms with Gasteiger partial charge in [0.15, 0.2) is 5.96 Å². The molecule has 0 aromatic heterocycles. The molecule has 0 amide bonds. The minimum absolute atomic E-state index is 0. The molecule has 0 saturated carbocycles. The summed E-state index contributed by atoms with van der Waals surface area (Å²) in [7, 11) is -0.239. The van der Waals surface area contributed by atoms with E-state index in [4.69, 9.17) is 0 Å². The second-order valence-electron chi connectivity index (χ2n) is 6.49. The van der Waals surface area contributed by atoms with Gasteiger partial charge in [0, 0.05) is 19.6 Å². The fourth-order valence-corrected chi connectivity index (χ4v) is 3.48. The van der Waals surface area contributed by atoms with Crippen LogP contribution in [0.3, 0.4) is 0 Å². The Bertz CT molecular complexity index is 676. The molecule has 0 aliphatic heterocycles. The van der Waals surface area contributed by atoms with Crippen molar-refractivity contribution in [1.29, 1.82) is 0 Å². The van der Waals surface area contributed by atoms with E-state index >= 15 is 0 Å². The molecule has 0 aliphatic carbocycles. The monoisotopic (exact) mass is 525 g/mol. The Morgan fingerprint density at radius 3 is 2.29 bits per heavy atom. The summed E-state index contributed by atoms with van der Waals surface area (Å²) in [6.45, 7) is 10.4. The van der Waals surface area contributed by atoms with E-state index in [9.17, 15) is 8.42 Å². The Labute approximate surface area is 187 Å². The summed E-state index contributed by atoms with van der Waals surface area (Å²) in [6, 6.07) is 7.15. The zero-order valence-corrected chi connectivity index (χ0v) is 20.8.